The van der Waals surface area contributed by atoms with Crippen molar-refractivity contribution in [2.45, 2.75) is 38.5 Å². The number of hydrogen-bond donors (Lipinski definition) is 1. The standard InChI is InChI=1S/C10H15F3O/c1-7(9(14)10(11,12)13)6-8-4-2-3-5-8/h2,4,7-9,14H,3,5-6H2,1H3. The highest BCUT2D eigenvalue weighted by Crippen LogP contribution is 2.31. The fraction of sp³-hybridized carbons (Fsp3) is 0.800. The Labute approximate surface area is 81.6 Å². The Bertz CT molecular complexity index is 210. The van der Waals surface area contributed by atoms with Crippen molar-refractivity contribution in [3.8, 4) is 0 Å². The first kappa shape index (κ1) is 11.6. The van der Waals surface area contributed by atoms with Crippen LogP contribution in [0.3, 0.4) is 0 Å². The van der Waals surface area contributed by atoms with E-state index < -0.39 is 18.2 Å². The molecule has 1 N–H and O–H groups in total. The second kappa shape index (κ2) is 4.34. The zero-order valence-electron chi connectivity index (χ0n) is 8.09. The van der Waals surface area contributed by atoms with Crippen LogP contribution in [-0.2, 0) is 0 Å². The largest absolute Gasteiger partial charge is 0.414 e. The van der Waals surface area contributed by atoms with E-state index in [4.69, 9.17) is 5.11 Å². The van der Waals surface area contributed by atoms with E-state index in [1.54, 1.807) is 0 Å². The highest BCUT2D eigenvalue weighted by Gasteiger charge is 2.41. The molecule has 0 amide bonds. The smallest absolute Gasteiger partial charge is 0.383 e. The van der Waals surface area contributed by atoms with Crippen LogP contribution in [0.2, 0.25) is 0 Å². The molecule has 14 heavy (non-hydrogen) atoms. The Morgan fingerprint density at radius 1 is 1.50 bits per heavy atom. The van der Waals surface area contributed by atoms with Gasteiger partial charge in [0.25, 0.3) is 0 Å². The molecule has 82 valence electrons. The molecule has 0 aromatic rings. The lowest BCUT2D eigenvalue weighted by Crippen LogP contribution is -2.35. The summed E-state index contributed by atoms with van der Waals surface area (Å²) < 4.78 is 36.3. The molecule has 3 atom stereocenters. The van der Waals surface area contributed by atoms with E-state index in [1.165, 1.54) is 6.92 Å². The van der Waals surface area contributed by atoms with Crippen molar-refractivity contribution in [2.75, 3.05) is 0 Å². The van der Waals surface area contributed by atoms with E-state index >= 15 is 0 Å². The van der Waals surface area contributed by atoms with Crippen LogP contribution in [-0.4, -0.2) is 17.4 Å². The van der Waals surface area contributed by atoms with Crippen LogP contribution in [0, 0.1) is 11.8 Å². The first-order valence-corrected chi connectivity index (χ1v) is 4.82. The average Bonchev–Trinajstić information content (AvgIpc) is 2.53. The van der Waals surface area contributed by atoms with E-state index in [0.717, 1.165) is 12.8 Å². The zero-order valence-corrected chi connectivity index (χ0v) is 8.09. The number of aliphatic hydroxyl groups is 1. The third kappa shape index (κ3) is 3.01. The molecule has 0 saturated carbocycles. The van der Waals surface area contributed by atoms with E-state index in [2.05, 4.69) is 0 Å². The van der Waals surface area contributed by atoms with Crippen LogP contribution in [0.15, 0.2) is 12.2 Å². The van der Waals surface area contributed by atoms with E-state index in [0.29, 0.717) is 6.42 Å². The number of allylic oxidation sites excluding steroid dienone is 2. The highest BCUT2D eigenvalue weighted by atomic mass is 19.4. The van der Waals surface area contributed by atoms with Gasteiger partial charge in [0.1, 0.15) is 0 Å². The third-order valence-corrected chi connectivity index (χ3v) is 2.66. The average molecular weight is 208 g/mol. The predicted octanol–water partition coefficient (Wildman–Crippen LogP) is 2.90. The lowest BCUT2D eigenvalue weighted by Gasteiger charge is -2.23. The molecule has 1 aliphatic carbocycles. The van der Waals surface area contributed by atoms with E-state index in [1.807, 2.05) is 12.2 Å². The summed E-state index contributed by atoms with van der Waals surface area (Å²) in [5, 5.41) is 8.97. The Morgan fingerprint density at radius 2 is 2.14 bits per heavy atom. The first-order chi connectivity index (χ1) is 6.41. The topological polar surface area (TPSA) is 20.2 Å². The van der Waals surface area contributed by atoms with Gasteiger partial charge < -0.3 is 5.11 Å². The quantitative estimate of drug-likeness (QED) is 0.707. The van der Waals surface area contributed by atoms with Crippen LogP contribution < -0.4 is 0 Å². The number of hydrogen-bond acceptors (Lipinski definition) is 1. The number of rotatable bonds is 3. The first-order valence-electron chi connectivity index (χ1n) is 4.82. The highest BCUT2D eigenvalue weighted by molar-refractivity contribution is 4.97. The molecule has 1 nitrogen and oxygen atoms in total. The minimum Gasteiger partial charge on any atom is -0.383 e. The second-order valence-corrected chi connectivity index (χ2v) is 3.97. The van der Waals surface area contributed by atoms with E-state index in [-0.39, 0.29) is 5.92 Å². The van der Waals surface area contributed by atoms with Crippen molar-refractivity contribution in [1.82, 2.24) is 0 Å². The Balaban J connectivity index is 2.40. The predicted molar refractivity (Wildman–Crippen MR) is 47.7 cm³/mol. The van der Waals surface area contributed by atoms with Gasteiger partial charge in [-0.1, -0.05) is 19.1 Å². The van der Waals surface area contributed by atoms with Crippen molar-refractivity contribution in [3.05, 3.63) is 12.2 Å². The van der Waals surface area contributed by atoms with Crippen molar-refractivity contribution in [3.63, 3.8) is 0 Å². The molecule has 3 unspecified atom stereocenters. The van der Waals surface area contributed by atoms with Gasteiger partial charge in [0.05, 0.1) is 0 Å². The maximum atomic E-state index is 12.1. The normalized spacial score (nSPS) is 26.5. The minimum atomic E-state index is -4.48. The van der Waals surface area contributed by atoms with Crippen molar-refractivity contribution < 1.29 is 18.3 Å². The van der Waals surface area contributed by atoms with Crippen molar-refractivity contribution >= 4 is 0 Å². The van der Waals surface area contributed by atoms with Crippen LogP contribution in [0.5, 0.6) is 0 Å². The summed E-state index contributed by atoms with van der Waals surface area (Å²) >= 11 is 0. The fourth-order valence-corrected chi connectivity index (χ4v) is 1.82. The van der Waals surface area contributed by atoms with Gasteiger partial charge in [0, 0.05) is 0 Å². The molecular formula is C10H15F3O. The molecule has 1 rings (SSSR count). The molecular weight excluding hydrogens is 193 g/mol. The summed E-state index contributed by atoms with van der Waals surface area (Å²) in [5.41, 5.74) is 0. The summed E-state index contributed by atoms with van der Waals surface area (Å²) in [7, 11) is 0. The van der Waals surface area contributed by atoms with Crippen LogP contribution in [0.25, 0.3) is 0 Å². The summed E-state index contributed by atoms with van der Waals surface area (Å²) in [6, 6.07) is 0. The maximum Gasteiger partial charge on any atom is 0.414 e. The Kier molecular flexibility index (Phi) is 3.59. The molecule has 0 fully saturated rings. The lowest BCUT2D eigenvalue weighted by atomic mass is 9.91. The number of alkyl halides is 3. The lowest BCUT2D eigenvalue weighted by molar-refractivity contribution is -0.218. The van der Waals surface area contributed by atoms with Gasteiger partial charge in [-0.2, -0.15) is 13.2 Å². The zero-order chi connectivity index (χ0) is 10.8. The van der Waals surface area contributed by atoms with Gasteiger partial charge in [-0.15, -0.1) is 0 Å². The van der Waals surface area contributed by atoms with Gasteiger partial charge in [-0.3, -0.25) is 0 Å². The summed E-state index contributed by atoms with van der Waals surface area (Å²) in [6.45, 7) is 1.45. The monoisotopic (exact) mass is 208 g/mol. The molecule has 0 spiro atoms. The molecule has 0 heterocycles. The Hall–Kier alpha value is -0.510. The molecule has 0 aromatic heterocycles. The molecule has 0 bridgehead atoms. The van der Waals surface area contributed by atoms with Gasteiger partial charge >= 0.3 is 6.18 Å². The van der Waals surface area contributed by atoms with Gasteiger partial charge in [-0.25, -0.2) is 0 Å². The minimum absolute atomic E-state index is 0.210. The van der Waals surface area contributed by atoms with Gasteiger partial charge in [0.15, 0.2) is 6.10 Å². The molecule has 0 aromatic carbocycles. The van der Waals surface area contributed by atoms with Gasteiger partial charge in [-0.05, 0) is 31.1 Å². The molecule has 0 radical (unpaired) electrons. The molecule has 0 saturated heterocycles. The summed E-state index contributed by atoms with van der Waals surface area (Å²) in [5.74, 6) is -0.509. The number of halogens is 3. The third-order valence-electron chi connectivity index (χ3n) is 2.66. The van der Waals surface area contributed by atoms with E-state index in [9.17, 15) is 13.2 Å². The second-order valence-electron chi connectivity index (χ2n) is 3.97. The summed E-state index contributed by atoms with van der Waals surface area (Å²) in [4.78, 5) is 0. The van der Waals surface area contributed by atoms with Crippen LogP contribution in [0.4, 0.5) is 13.2 Å². The van der Waals surface area contributed by atoms with Crippen molar-refractivity contribution in [1.29, 1.82) is 0 Å². The molecule has 0 aliphatic heterocycles. The SMILES string of the molecule is CC(CC1C=CCC1)C(O)C(F)(F)F. The van der Waals surface area contributed by atoms with Gasteiger partial charge in [0.2, 0.25) is 0 Å². The van der Waals surface area contributed by atoms with Crippen LogP contribution in [0.1, 0.15) is 26.2 Å². The molecule has 1 aliphatic rings. The fourth-order valence-electron chi connectivity index (χ4n) is 1.82. The summed E-state index contributed by atoms with van der Waals surface area (Å²) in [6.07, 6.45) is -0.471. The molecule has 4 heteroatoms. The van der Waals surface area contributed by atoms with Crippen LogP contribution >= 0.6 is 0 Å². The Morgan fingerprint density at radius 3 is 2.57 bits per heavy atom. The van der Waals surface area contributed by atoms with Crippen molar-refractivity contribution in [2.24, 2.45) is 11.8 Å². The number of aliphatic hydroxyl groups excluding tert-OH is 1. The maximum absolute atomic E-state index is 12.1.